The normalized spacial score (nSPS) is 26.2. The number of halogens is 1. The van der Waals surface area contributed by atoms with Crippen LogP contribution in [0.5, 0.6) is 11.5 Å². The SMILES string of the molecule is COc1cc(F)cc(OC[C@@H]2CCc3cc([C@H]4CC[C@](N)(CO)C4)ccc3C2)c1. The van der Waals surface area contributed by atoms with Crippen LogP contribution in [0.25, 0.3) is 0 Å². The number of hydrogen-bond donors (Lipinski definition) is 2. The third-order valence-electron chi connectivity index (χ3n) is 6.56. The average molecular weight is 400 g/mol. The fraction of sp³-hybridized carbons (Fsp3) is 0.500. The Bertz CT molecular complexity index is 871. The van der Waals surface area contributed by atoms with Gasteiger partial charge in [-0.25, -0.2) is 4.39 Å². The summed E-state index contributed by atoms with van der Waals surface area (Å²) < 4.78 is 24.6. The molecular weight excluding hydrogens is 369 g/mol. The first-order valence-electron chi connectivity index (χ1n) is 10.5. The maximum Gasteiger partial charge on any atom is 0.130 e. The molecule has 0 heterocycles. The molecule has 0 radical (unpaired) electrons. The number of aliphatic hydroxyl groups excluding tert-OH is 1. The lowest BCUT2D eigenvalue weighted by atomic mass is 9.82. The van der Waals surface area contributed by atoms with E-state index in [1.807, 2.05) is 0 Å². The van der Waals surface area contributed by atoms with Gasteiger partial charge in [-0.3, -0.25) is 0 Å². The fourth-order valence-electron chi connectivity index (χ4n) is 4.78. The zero-order valence-corrected chi connectivity index (χ0v) is 17.0. The summed E-state index contributed by atoms with van der Waals surface area (Å²) in [6.45, 7) is 0.635. The van der Waals surface area contributed by atoms with Crippen LogP contribution in [0.2, 0.25) is 0 Å². The van der Waals surface area contributed by atoms with Crippen LogP contribution in [0.3, 0.4) is 0 Å². The molecule has 5 heteroatoms. The van der Waals surface area contributed by atoms with Gasteiger partial charge in [0.1, 0.15) is 17.3 Å². The van der Waals surface area contributed by atoms with Gasteiger partial charge in [0.2, 0.25) is 0 Å². The lowest BCUT2D eigenvalue weighted by Crippen LogP contribution is -2.40. The van der Waals surface area contributed by atoms with Gasteiger partial charge < -0.3 is 20.3 Å². The molecule has 2 aromatic carbocycles. The summed E-state index contributed by atoms with van der Waals surface area (Å²) in [5.74, 6) is 1.49. The minimum atomic E-state index is -0.414. The van der Waals surface area contributed by atoms with Gasteiger partial charge in [0.25, 0.3) is 0 Å². The molecule has 3 N–H and O–H groups in total. The van der Waals surface area contributed by atoms with E-state index in [9.17, 15) is 9.50 Å². The van der Waals surface area contributed by atoms with Crippen molar-refractivity contribution in [3.8, 4) is 11.5 Å². The molecule has 3 atom stereocenters. The fourth-order valence-corrected chi connectivity index (χ4v) is 4.78. The van der Waals surface area contributed by atoms with Crippen molar-refractivity contribution in [1.82, 2.24) is 0 Å². The Morgan fingerprint density at radius 1 is 1.14 bits per heavy atom. The number of methoxy groups -OCH3 is 1. The molecule has 4 rings (SSSR count). The van der Waals surface area contributed by atoms with E-state index in [4.69, 9.17) is 15.2 Å². The summed E-state index contributed by atoms with van der Waals surface area (Å²) in [4.78, 5) is 0. The van der Waals surface area contributed by atoms with Crippen LogP contribution in [0.4, 0.5) is 4.39 Å². The third-order valence-corrected chi connectivity index (χ3v) is 6.56. The van der Waals surface area contributed by atoms with Gasteiger partial charge in [-0.1, -0.05) is 18.2 Å². The van der Waals surface area contributed by atoms with Crippen LogP contribution in [-0.2, 0) is 12.8 Å². The molecule has 0 aliphatic heterocycles. The molecule has 29 heavy (non-hydrogen) atoms. The predicted molar refractivity (Wildman–Crippen MR) is 111 cm³/mol. The molecule has 2 aromatic rings. The summed E-state index contributed by atoms with van der Waals surface area (Å²) in [5.41, 5.74) is 9.99. The molecule has 1 fully saturated rings. The molecule has 0 bridgehead atoms. The van der Waals surface area contributed by atoms with Crippen LogP contribution < -0.4 is 15.2 Å². The standard InChI is InChI=1S/C24H30FNO3/c1-28-22-10-21(25)11-23(12-22)29-14-16-2-3-18-9-19(5-4-17(18)8-16)20-6-7-24(26,13-20)15-27/h4-5,9-12,16,20,27H,2-3,6-8,13-15,26H2,1H3/t16-,20+,24-/m1/s1. The molecule has 0 amide bonds. The molecule has 156 valence electrons. The van der Waals surface area contributed by atoms with Gasteiger partial charge in [-0.2, -0.15) is 0 Å². The highest BCUT2D eigenvalue weighted by atomic mass is 19.1. The number of aryl methyl sites for hydroxylation is 1. The Morgan fingerprint density at radius 3 is 2.72 bits per heavy atom. The smallest absolute Gasteiger partial charge is 0.130 e. The number of aliphatic hydroxyl groups is 1. The molecule has 0 unspecified atom stereocenters. The number of hydrogen-bond acceptors (Lipinski definition) is 4. The van der Waals surface area contributed by atoms with Gasteiger partial charge in [0, 0.05) is 23.7 Å². The summed E-state index contributed by atoms with van der Waals surface area (Å²) in [7, 11) is 1.52. The second-order valence-electron chi connectivity index (χ2n) is 8.73. The van der Waals surface area contributed by atoms with Crippen molar-refractivity contribution in [3.05, 3.63) is 58.9 Å². The lowest BCUT2D eigenvalue weighted by Gasteiger charge is -2.26. The van der Waals surface area contributed by atoms with Crippen molar-refractivity contribution in [2.24, 2.45) is 11.7 Å². The molecule has 0 saturated heterocycles. The van der Waals surface area contributed by atoms with Gasteiger partial charge in [-0.15, -0.1) is 0 Å². The largest absolute Gasteiger partial charge is 0.497 e. The van der Waals surface area contributed by atoms with E-state index in [1.165, 1.54) is 35.9 Å². The molecule has 4 nitrogen and oxygen atoms in total. The van der Waals surface area contributed by atoms with E-state index in [-0.39, 0.29) is 12.4 Å². The molecular formula is C24H30FNO3. The van der Waals surface area contributed by atoms with Gasteiger partial charge >= 0.3 is 0 Å². The topological polar surface area (TPSA) is 64.7 Å². The highest BCUT2D eigenvalue weighted by Gasteiger charge is 2.36. The number of rotatable bonds is 6. The minimum absolute atomic E-state index is 0.0628. The first kappa shape index (κ1) is 20.2. The molecule has 0 spiro atoms. The van der Waals surface area contributed by atoms with E-state index in [0.29, 0.717) is 29.9 Å². The van der Waals surface area contributed by atoms with Gasteiger partial charge in [0.05, 0.1) is 20.3 Å². The van der Waals surface area contributed by atoms with Crippen LogP contribution >= 0.6 is 0 Å². The highest BCUT2D eigenvalue weighted by molar-refractivity contribution is 5.37. The maximum atomic E-state index is 13.6. The molecule has 0 aromatic heterocycles. The van der Waals surface area contributed by atoms with Crippen molar-refractivity contribution < 1.29 is 19.0 Å². The molecule has 2 aliphatic rings. The Kier molecular flexibility index (Phi) is 5.79. The first-order valence-corrected chi connectivity index (χ1v) is 10.5. The van der Waals surface area contributed by atoms with Crippen molar-refractivity contribution in [3.63, 3.8) is 0 Å². The summed E-state index contributed by atoms with van der Waals surface area (Å²) in [6, 6.07) is 11.3. The van der Waals surface area contributed by atoms with Crippen molar-refractivity contribution in [1.29, 1.82) is 0 Å². The molecule has 1 saturated carbocycles. The average Bonchev–Trinajstić information content (AvgIpc) is 3.14. The van der Waals surface area contributed by atoms with E-state index in [2.05, 4.69) is 18.2 Å². The van der Waals surface area contributed by atoms with Crippen LogP contribution in [-0.4, -0.2) is 31.0 Å². The van der Waals surface area contributed by atoms with Crippen molar-refractivity contribution >= 4 is 0 Å². The van der Waals surface area contributed by atoms with Crippen molar-refractivity contribution in [2.45, 2.75) is 50.0 Å². The second-order valence-corrected chi connectivity index (χ2v) is 8.73. The van der Waals surface area contributed by atoms with Crippen LogP contribution in [0, 0.1) is 11.7 Å². The number of nitrogens with two attached hydrogens (primary N) is 1. The van der Waals surface area contributed by atoms with E-state index in [0.717, 1.165) is 38.5 Å². The van der Waals surface area contributed by atoms with E-state index in [1.54, 1.807) is 6.07 Å². The predicted octanol–water partition coefficient (Wildman–Crippen LogP) is 3.98. The number of benzene rings is 2. The first-order chi connectivity index (χ1) is 14.0. The Balaban J connectivity index is 1.38. The lowest BCUT2D eigenvalue weighted by molar-refractivity contribution is 0.198. The van der Waals surface area contributed by atoms with Crippen LogP contribution in [0.15, 0.2) is 36.4 Å². The number of fused-ring (bicyclic) bond motifs is 1. The van der Waals surface area contributed by atoms with E-state index >= 15 is 0 Å². The Hall–Kier alpha value is -2.11. The highest BCUT2D eigenvalue weighted by Crippen LogP contribution is 2.40. The number of ether oxygens (including phenoxy) is 2. The summed E-state index contributed by atoms with van der Waals surface area (Å²) in [5, 5.41) is 9.52. The zero-order valence-electron chi connectivity index (χ0n) is 17.0. The van der Waals surface area contributed by atoms with Crippen LogP contribution in [0.1, 0.15) is 48.3 Å². The monoisotopic (exact) mass is 399 g/mol. The summed E-state index contributed by atoms with van der Waals surface area (Å²) in [6.07, 6.45) is 5.86. The third kappa shape index (κ3) is 4.57. The Morgan fingerprint density at radius 2 is 1.97 bits per heavy atom. The Labute approximate surface area is 171 Å². The maximum absolute atomic E-state index is 13.6. The second kappa shape index (κ2) is 8.33. The van der Waals surface area contributed by atoms with Gasteiger partial charge in [0.15, 0.2) is 0 Å². The molecule has 2 aliphatic carbocycles. The minimum Gasteiger partial charge on any atom is -0.497 e. The van der Waals surface area contributed by atoms with E-state index < -0.39 is 5.54 Å². The van der Waals surface area contributed by atoms with Gasteiger partial charge in [-0.05, 0) is 67.1 Å². The zero-order chi connectivity index (χ0) is 20.4. The summed E-state index contributed by atoms with van der Waals surface area (Å²) >= 11 is 0. The quantitative estimate of drug-likeness (QED) is 0.771. The van der Waals surface area contributed by atoms with Crippen molar-refractivity contribution in [2.75, 3.05) is 20.3 Å².